The van der Waals surface area contributed by atoms with E-state index in [-0.39, 0.29) is 17.1 Å². The molecule has 9 heteroatoms. The average Bonchev–Trinajstić information content (AvgIpc) is 2.71. The van der Waals surface area contributed by atoms with Crippen LogP contribution in [-0.2, 0) is 0 Å². The highest BCUT2D eigenvalue weighted by Gasteiger charge is 2.45. The van der Waals surface area contributed by atoms with Gasteiger partial charge in [0.15, 0.2) is 0 Å². The van der Waals surface area contributed by atoms with Gasteiger partial charge in [-0.15, -0.1) is 0 Å². The van der Waals surface area contributed by atoms with Gasteiger partial charge in [-0.2, -0.15) is 0 Å². The summed E-state index contributed by atoms with van der Waals surface area (Å²) < 4.78 is 0. The summed E-state index contributed by atoms with van der Waals surface area (Å²) in [5, 5.41) is 34.3. The fourth-order valence-electron chi connectivity index (χ4n) is 4.65. The maximum atomic E-state index is 11.7. The average molecular weight is 389 g/mol. The third kappa shape index (κ3) is 2.21. The van der Waals surface area contributed by atoms with E-state index in [4.69, 9.17) is 0 Å². The van der Waals surface area contributed by atoms with Crippen LogP contribution in [0.25, 0.3) is 0 Å². The van der Waals surface area contributed by atoms with Crippen molar-refractivity contribution in [2.24, 2.45) is 0 Å². The standard InChI is InChI=1S/C20H11N3O6/c24-21(25)10-5-7-13-15(8-10)18-12-6-4-11(22(26)27)9-16(12)19(13)20-14(18)2-1-3-17(20)23(28)29/h1-9,18-19H. The molecular weight excluding hydrogens is 378 g/mol. The molecule has 142 valence electrons. The number of benzene rings is 3. The highest BCUT2D eigenvalue weighted by Crippen LogP contribution is 2.58. The summed E-state index contributed by atoms with van der Waals surface area (Å²) in [4.78, 5) is 32.9. The van der Waals surface area contributed by atoms with Gasteiger partial charge in [-0.3, -0.25) is 30.3 Å². The molecule has 6 rings (SSSR count). The van der Waals surface area contributed by atoms with Crippen LogP contribution in [0.15, 0.2) is 54.6 Å². The SMILES string of the molecule is O=[N+]([O-])c1ccc2c(c1)C1c3ccc([N+](=O)[O-])cc3C2c2c1cccc2[N+](=O)[O-]. The van der Waals surface area contributed by atoms with Crippen LogP contribution in [0.2, 0.25) is 0 Å². The molecule has 2 atom stereocenters. The second-order valence-electron chi connectivity index (χ2n) is 7.04. The van der Waals surface area contributed by atoms with E-state index in [2.05, 4.69) is 0 Å². The fraction of sp³-hybridized carbons (Fsp3) is 0.100. The summed E-state index contributed by atoms with van der Waals surface area (Å²) in [7, 11) is 0. The predicted octanol–water partition coefficient (Wildman–Crippen LogP) is 4.40. The first-order valence-electron chi connectivity index (χ1n) is 8.72. The fourth-order valence-corrected chi connectivity index (χ4v) is 4.65. The topological polar surface area (TPSA) is 129 Å². The number of nitrogens with zero attached hydrogens (tertiary/aromatic N) is 3. The second kappa shape index (κ2) is 5.68. The zero-order valence-corrected chi connectivity index (χ0v) is 14.6. The van der Waals surface area contributed by atoms with Gasteiger partial charge in [-0.1, -0.05) is 24.3 Å². The van der Waals surface area contributed by atoms with Crippen molar-refractivity contribution >= 4 is 17.1 Å². The van der Waals surface area contributed by atoms with Crippen molar-refractivity contribution in [3.8, 4) is 0 Å². The van der Waals surface area contributed by atoms with Gasteiger partial charge in [-0.05, 0) is 27.8 Å². The van der Waals surface area contributed by atoms with E-state index in [0.29, 0.717) is 27.8 Å². The summed E-state index contributed by atoms with van der Waals surface area (Å²) in [6.07, 6.45) is 0. The molecule has 0 aromatic heterocycles. The monoisotopic (exact) mass is 389 g/mol. The van der Waals surface area contributed by atoms with Crippen molar-refractivity contribution in [3.63, 3.8) is 0 Å². The van der Waals surface area contributed by atoms with Crippen LogP contribution in [0, 0.1) is 30.3 Å². The smallest absolute Gasteiger partial charge is 0.258 e. The van der Waals surface area contributed by atoms with E-state index >= 15 is 0 Å². The molecule has 3 aliphatic rings. The van der Waals surface area contributed by atoms with Crippen molar-refractivity contribution < 1.29 is 14.8 Å². The van der Waals surface area contributed by atoms with E-state index in [0.717, 1.165) is 5.56 Å². The molecule has 0 fully saturated rings. The molecule has 2 bridgehead atoms. The number of hydrogen-bond acceptors (Lipinski definition) is 6. The summed E-state index contributed by atoms with van der Waals surface area (Å²) in [5.41, 5.74) is 3.81. The Bertz CT molecular complexity index is 1270. The first kappa shape index (κ1) is 17.0. The lowest BCUT2D eigenvalue weighted by Gasteiger charge is -2.41. The summed E-state index contributed by atoms with van der Waals surface area (Å²) >= 11 is 0. The van der Waals surface area contributed by atoms with Crippen LogP contribution >= 0.6 is 0 Å². The molecule has 0 N–H and O–H groups in total. The highest BCUT2D eigenvalue weighted by atomic mass is 16.6. The van der Waals surface area contributed by atoms with Crippen LogP contribution in [0.1, 0.15) is 45.2 Å². The van der Waals surface area contributed by atoms with Gasteiger partial charge in [0.1, 0.15) is 0 Å². The molecule has 3 aromatic carbocycles. The zero-order valence-electron chi connectivity index (χ0n) is 14.6. The Morgan fingerprint density at radius 2 is 1.14 bits per heavy atom. The van der Waals surface area contributed by atoms with Crippen molar-refractivity contribution in [2.45, 2.75) is 11.8 Å². The second-order valence-corrected chi connectivity index (χ2v) is 7.04. The molecule has 0 saturated heterocycles. The molecule has 9 nitrogen and oxygen atoms in total. The molecule has 0 radical (unpaired) electrons. The largest absolute Gasteiger partial charge is 0.273 e. The lowest BCUT2D eigenvalue weighted by atomic mass is 9.60. The van der Waals surface area contributed by atoms with Crippen LogP contribution in [-0.4, -0.2) is 14.8 Å². The van der Waals surface area contributed by atoms with E-state index in [1.807, 2.05) is 0 Å². The number of non-ortho nitro benzene ring substituents is 2. The lowest BCUT2D eigenvalue weighted by molar-refractivity contribution is -0.386. The third-order valence-electron chi connectivity index (χ3n) is 5.72. The minimum atomic E-state index is -0.595. The molecule has 3 aliphatic carbocycles. The molecule has 2 unspecified atom stereocenters. The molecule has 3 aromatic rings. The van der Waals surface area contributed by atoms with Gasteiger partial charge in [0.05, 0.1) is 14.8 Å². The highest BCUT2D eigenvalue weighted by molar-refractivity contribution is 5.73. The van der Waals surface area contributed by atoms with Crippen LogP contribution in [0.3, 0.4) is 0 Å². The Morgan fingerprint density at radius 1 is 0.586 bits per heavy atom. The van der Waals surface area contributed by atoms with Gasteiger partial charge < -0.3 is 0 Å². The normalized spacial score (nSPS) is 17.8. The first-order valence-corrected chi connectivity index (χ1v) is 8.72. The van der Waals surface area contributed by atoms with Gasteiger partial charge in [0.25, 0.3) is 17.1 Å². The third-order valence-corrected chi connectivity index (χ3v) is 5.72. The Kier molecular flexibility index (Phi) is 3.33. The Hall–Kier alpha value is -4.14. The minimum absolute atomic E-state index is 0.0568. The van der Waals surface area contributed by atoms with Gasteiger partial charge in [0.2, 0.25) is 0 Å². The van der Waals surface area contributed by atoms with Crippen LogP contribution in [0.4, 0.5) is 17.1 Å². The van der Waals surface area contributed by atoms with Crippen LogP contribution in [0.5, 0.6) is 0 Å². The van der Waals surface area contributed by atoms with Crippen molar-refractivity contribution in [3.05, 3.63) is 118 Å². The van der Waals surface area contributed by atoms with Crippen LogP contribution < -0.4 is 0 Å². The van der Waals surface area contributed by atoms with Crippen molar-refractivity contribution in [1.29, 1.82) is 0 Å². The number of hydrogen-bond donors (Lipinski definition) is 0. The van der Waals surface area contributed by atoms with Crippen molar-refractivity contribution in [1.82, 2.24) is 0 Å². The molecule has 0 spiro atoms. The molecule has 0 saturated carbocycles. The Labute approximate surface area is 162 Å². The molecule has 0 aliphatic heterocycles. The van der Waals surface area contributed by atoms with Gasteiger partial charge in [0, 0.05) is 47.7 Å². The number of nitro groups is 3. The first-order chi connectivity index (χ1) is 13.9. The van der Waals surface area contributed by atoms with E-state index < -0.39 is 26.6 Å². The Balaban J connectivity index is 1.86. The summed E-state index contributed by atoms with van der Waals surface area (Å²) in [6, 6.07) is 13.8. The van der Waals surface area contributed by atoms with Gasteiger partial charge >= 0.3 is 0 Å². The van der Waals surface area contributed by atoms with Gasteiger partial charge in [-0.25, -0.2) is 0 Å². The number of nitro benzene ring substituents is 3. The van der Waals surface area contributed by atoms with Crippen molar-refractivity contribution in [2.75, 3.05) is 0 Å². The predicted molar refractivity (Wildman–Crippen MR) is 101 cm³/mol. The van der Waals surface area contributed by atoms with E-state index in [1.165, 1.54) is 30.3 Å². The minimum Gasteiger partial charge on any atom is -0.258 e. The maximum absolute atomic E-state index is 11.7. The molecule has 0 heterocycles. The summed E-state index contributed by atoms with van der Waals surface area (Å²) in [6.45, 7) is 0. The molecule has 29 heavy (non-hydrogen) atoms. The Morgan fingerprint density at radius 3 is 1.69 bits per heavy atom. The lowest BCUT2D eigenvalue weighted by Crippen LogP contribution is -2.28. The molecular formula is C20H11N3O6. The summed E-state index contributed by atoms with van der Waals surface area (Å²) in [5.74, 6) is -1.05. The zero-order chi connectivity index (χ0) is 20.4. The van der Waals surface area contributed by atoms with E-state index in [1.54, 1.807) is 24.3 Å². The van der Waals surface area contributed by atoms with E-state index in [9.17, 15) is 30.3 Å². The molecule has 0 amide bonds. The number of rotatable bonds is 3. The quantitative estimate of drug-likeness (QED) is 0.332. The maximum Gasteiger partial charge on any atom is 0.273 e.